The Kier molecular flexibility index (Phi) is 1.77. The maximum atomic E-state index is 5.77. The van der Waals surface area contributed by atoms with Gasteiger partial charge in [0.2, 0.25) is 0 Å². The molecule has 0 amide bonds. The van der Waals surface area contributed by atoms with Crippen molar-refractivity contribution in [3.8, 4) is 5.75 Å². The Hall–Kier alpha value is -1.02. The lowest BCUT2D eigenvalue weighted by molar-refractivity contribution is 0.409. The van der Waals surface area contributed by atoms with Gasteiger partial charge in [-0.15, -0.1) is 0 Å². The standard InChI is InChI=1S/C10H13NO/c1-12-10-5-3-2-4-7(10)8-6-9(8)11/h2-5,8-9H,6,11H2,1H3/t8?,9-/m1/s1. The third-order valence-corrected chi connectivity index (χ3v) is 2.38. The summed E-state index contributed by atoms with van der Waals surface area (Å²) in [7, 11) is 1.70. The lowest BCUT2D eigenvalue weighted by atomic mass is 10.1. The molecular weight excluding hydrogens is 150 g/mol. The monoisotopic (exact) mass is 163 g/mol. The van der Waals surface area contributed by atoms with Crippen LogP contribution in [0.25, 0.3) is 0 Å². The molecule has 2 atom stereocenters. The fourth-order valence-electron chi connectivity index (χ4n) is 1.55. The number of methoxy groups -OCH3 is 1. The highest BCUT2D eigenvalue weighted by Crippen LogP contribution is 2.42. The van der Waals surface area contributed by atoms with Gasteiger partial charge in [-0.2, -0.15) is 0 Å². The van der Waals surface area contributed by atoms with E-state index in [0.717, 1.165) is 12.2 Å². The van der Waals surface area contributed by atoms with Gasteiger partial charge in [0.1, 0.15) is 5.75 Å². The third-order valence-electron chi connectivity index (χ3n) is 2.38. The van der Waals surface area contributed by atoms with Crippen LogP contribution < -0.4 is 10.5 Å². The van der Waals surface area contributed by atoms with Gasteiger partial charge in [-0.3, -0.25) is 0 Å². The molecule has 12 heavy (non-hydrogen) atoms. The fourth-order valence-corrected chi connectivity index (χ4v) is 1.55. The summed E-state index contributed by atoms with van der Waals surface area (Å²) in [6, 6.07) is 8.44. The van der Waals surface area contributed by atoms with Gasteiger partial charge >= 0.3 is 0 Å². The van der Waals surface area contributed by atoms with E-state index in [-0.39, 0.29) is 0 Å². The zero-order valence-corrected chi connectivity index (χ0v) is 7.16. The van der Waals surface area contributed by atoms with Crippen molar-refractivity contribution in [2.45, 2.75) is 18.4 Å². The second-order valence-corrected chi connectivity index (χ2v) is 3.25. The Bertz CT molecular complexity index is 285. The van der Waals surface area contributed by atoms with E-state index in [1.807, 2.05) is 18.2 Å². The zero-order valence-electron chi connectivity index (χ0n) is 7.16. The molecule has 1 fully saturated rings. The second kappa shape index (κ2) is 2.79. The first-order valence-electron chi connectivity index (χ1n) is 4.21. The Labute approximate surface area is 72.3 Å². The predicted molar refractivity (Wildman–Crippen MR) is 48.3 cm³/mol. The molecule has 1 aromatic rings. The van der Waals surface area contributed by atoms with E-state index < -0.39 is 0 Å². The van der Waals surface area contributed by atoms with Crippen LogP contribution >= 0.6 is 0 Å². The quantitative estimate of drug-likeness (QED) is 0.717. The van der Waals surface area contributed by atoms with Crippen LogP contribution in [-0.2, 0) is 0 Å². The van der Waals surface area contributed by atoms with Gasteiger partial charge in [0.25, 0.3) is 0 Å². The van der Waals surface area contributed by atoms with Crippen LogP contribution in [0.4, 0.5) is 0 Å². The van der Waals surface area contributed by atoms with Crippen molar-refractivity contribution in [2.75, 3.05) is 7.11 Å². The summed E-state index contributed by atoms with van der Waals surface area (Å²) >= 11 is 0. The summed E-state index contributed by atoms with van der Waals surface area (Å²) in [6.45, 7) is 0. The van der Waals surface area contributed by atoms with E-state index in [1.54, 1.807) is 7.11 Å². The topological polar surface area (TPSA) is 35.2 Å². The SMILES string of the molecule is COc1ccccc1C1C[C@H]1N. The molecule has 2 rings (SSSR count). The molecule has 2 heteroatoms. The maximum Gasteiger partial charge on any atom is 0.122 e. The number of hydrogen-bond donors (Lipinski definition) is 1. The molecule has 0 spiro atoms. The molecule has 0 saturated heterocycles. The minimum absolute atomic E-state index is 0.348. The number of hydrogen-bond acceptors (Lipinski definition) is 2. The molecule has 1 saturated carbocycles. The van der Waals surface area contributed by atoms with Crippen molar-refractivity contribution in [3.63, 3.8) is 0 Å². The summed E-state index contributed by atoms with van der Waals surface area (Å²) in [4.78, 5) is 0. The minimum atomic E-state index is 0.348. The van der Waals surface area contributed by atoms with Crippen molar-refractivity contribution >= 4 is 0 Å². The summed E-state index contributed by atoms with van der Waals surface area (Å²) in [6.07, 6.45) is 1.10. The first kappa shape index (κ1) is 7.62. The third kappa shape index (κ3) is 1.18. The van der Waals surface area contributed by atoms with E-state index in [1.165, 1.54) is 5.56 Å². The molecule has 0 aromatic heterocycles. The first-order valence-corrected chi connectivity index (χ1v) is 4.21. The Morgan fingerprint density at radius 3 is 2.67 bits per heavy atom. The molecule has 2 N–H and O–H groups in total. The molecule has 0 bridgehead atoms. The van der Waals surface area contributed by atoms with E-state index in [4.69, 9.17) is 10.5 Å². The van der Waals surface area contributed by atoms with Crippen molar-refractivity contribution in [1.29, 1.82) is 0 Å². The van der Waals surface area contributed by atoms with Gasteiger partial charge in [0.05, 0.1) is 7.11 Å². The summed E-state index contributed by atoms with van der Waals surface area (Å²) in [5.74, 6) is 1.50. The van der Waals surface area contributed by atoms with Crippen LogP contribution in [0, 0.1) is 0 Å². The fraction of sp³-hybridized carbons (Fsp3) is 0.400. The minimum Gasteiger partial charge on any atom is -0.496 e. The second-order valence-electron chi connectivity index (χ2n) is 3.25. The van der Waals surface area contributed by atoms with Gasteiger partial charge < -0.3 is 10.5 Å². The van der Waals surface area contributed by atoms with Gasteiger partial charge in [0.15, 0.2) is 0 Å². The molecule has 1 aliphatic rings. The Balaban J connectivity index is 2.29. The number of benzene rings is 1. The summed E-state index contributed by atoms with van der Waals surface area (Å²) < 4.78 is 5.24. The van der Waals surface area contributed by atoms with Crippen LogP contribution in [0.15, 0.2) is 24.3 Å². The van der Waals surface area contributed by atoms with E-state index >= 15 is 0 Å². The van der Waals surface area contributed by atoms with Crippen molar-refractivity contribution in [2.24, 2.45) is 5.73 Å². The lowest BCUT2D eigenvalue weighted by Crippen LogP contribution is -2.01. The highest BCUT2D eigenvalue weighted by atomic mass is 16.5. The number of nitrogens with two attached hydrogens (primary N) is 1. The van der Waals surface area contributed by atoms with Gasteiger partial charge in [-0.25, -0.2) is 0 Å². The van der Waals surface area contributed by atoms with Crippen LogP contribution in [0.5, 0.6) is 5.75 Å². The summed E-state index contributed by atoms with van der Waals surface area (Å²) in [5, 5.41) is 0. The van der Waals surface area contributed by atoms with Crippen LogP contribution in [0.1, 0.15) is 17.9 Å². The van der Waals surface area contributed by atoms with Crippen molar-refractivity contribution < 1.29 is 4.74 Å². The largest absolute Gasteiger partial charge is 0.496 e. The lowest BCUT2D eigenvalue weighted by Gasteiger charge is -2.05. The van der Waals surface area contributed by atoms with E-state index in [2.05, 4.69) is 6.07 Å². The zero-order chi connectivity index (χ0) is 8.55. The molecule has 0 heterocycles. The number of ether oxygens (including phenoxy) is 1. The number of rotatable bonds is 2. The molecule has 1 unspecified atom stereocenters. The van der Waals surface area contributed by atoms with Crippen LogP contribution in [0.3, 0.4) is 0 Å². The smallest absolute Gasteiger partial charge is 0.122 e. The van der Waals surface area contributed by atoms with E-state index in [0.29, 0.717) is 12.0 Å². The van der Waals surface area contributed by atoms with Gasteiger partial charge in [0, 0.05) is 12.0 Å². The van der Waals surface area contributed by atoms with Crippen LogP contribution in [0.2, 0.25) is 0 Å². The molecule has 0 radical (unpaired) electrons. The maximum absolute atomic E-state index is 5.77. The highest BCUT2D eigenvalue weighted by molar-refractivity contribution is 5.40. The normalized spacial score (nSPS) is 26.8. The Morgan fingerprint density at radius 2 is 2.08 bits per heavy atom. The van der Waals surface area contributed by atoms with Gasteiger partial charge in [-0.05, 0) is 18.1 Å². The van der Waals surface area contributed by atoms with Crippen molar-refractivity contribution in [3.05, 3.63) is 29.8 Å². The predicted octanol–water partition coefficient (Wildman–Crippen LogP) is 1.51. The molecule has 2 nitrogen and oxygen atoms in total. The van der Waals surface area contributed by atoms with E-state index in [9.17, 15) is 0 Å². The molecule has 1 aromatic carbocycles. The number of para-hydroxylation sites is 1. The van der Waals surface area contributed by atoms with Gasteiger partial charge in [-0.1, -0.05) is 18.2 Å². The average Bonchev–Trinajstić information content (AvgIpc) is 2.83. The summed E-state index contributed by atoms with van der Waals surface area (Å²) in [5.41, 5.74) is 7.02. The molecular formula is C10H13NO. The van der Waals surface area contributed by atoms with Crippen molar-refractivity contribution in [1.82, 2.24) is 0 Å². The van der Waals surface area contributed by atoms with Crippen LogP contribution in [-0.4, -0.2) is 13.2 Å². The average molecular weight is 163 g/mol. The molecule has 64 valence electrons. The highest BCUT2D eigenvalue weighted by Gasteiger charge is 2.36. The molecule has 0 aliphatic heterocycles. The first-order chi connectivity index (χ1) is 5.83. The molecule has 1 aliphatic carbocycles. The Morgan fingerprint density at radius 1 is 1.42 bits per heavy atom.